The van der Waals surface area contributed by atoms with Gasteiger partial charge in [0.05, 0.1) is 0 Å². The fourth-order valence-corrected chi connectivity index (χ4v) is 2.51. The minimum atomic E-state index is 0.827. The van der Waals surface area contributed by atoms with Gasteiger partial charge in [0.1, 0.15) is 5.82 Å². The van der Waals surface area contributed by atoms with Gasteiger partial charge in [-0.3, -0.25) is 0 Å². The first-order valence-electron chi connectivity index (χ1n) is 7.00. The molecule has 1 fully saturated rings. The molecule has 1 aliphatic heterocycles. The van der Waals surface area contributed by atoms with E-state index in [1.807, 2.05) is 16.6 Å². The Morgan fingerprint density at radius 1 is 1.05 bits per heavy atom. The summed E-state index contributed by atoms with van der Waals surface area (Å²) in [5.74, 6) is 1.95. The molecule has 0 N–H and O–H groups in total. The average molecular weight is 260 g/mol. The van der Waals surface area contributed by atoms with Crippen molar-refractivity contribution in [3.05, 3.63) is 18.0 Å². The van der Waals surface area contributed by atoms with Gasteiger partial charge in [-0.2, -0.15) is 4.52 Å². The number of piperazine rings is 1. The molecule has 2 aromatic heterocycles. The molecule has 0 radical (unpaired) electrons. The molecule has 0 aliphatic carbocycles. The lowest BCUT2D eigenvalue weighted by molar-refractivity contribution is 0.270. The first-order chi connectivity index (χ1) is 9.31. The highest BCUT2D eigenvalue weighted by Gasteiger charge is 2.17. The first kappa shape index (κ1) is 12.3. The highest BCUT2D eigenvalue weighted by atomic mass is 15.4. The van der Waals surface area contributed by atoms with Gasteiger partial charge >= 0.3 is 0 Å². The maximum absolute atomic E-state index is 4.68. The molecule has 0 spiro atoms. The number of likely N-dealkylation sites (N-methyl/N-ethyl adjacent to an activating group) is 1. The van der Waals surface area contributed by atoms with Crippen molar-refractivity contribution in [1.82, 2.24) is 24.7 Å². The highest BCUT2D eigenvalue weighted by Crippen LogP contribution is 2.14. The fourth-order valence-electron chi connectivity index (χ4n) is 2.51. The number of aromatic nitrogens is 4. The lowest BCUT2D eigenvalue weighted by atomic mass is 10.3. The predicted molar refractivity (Wildman–Crippen MR) is 74.5 cm³/mol. The minimum absolute atomic E-state index is 0.827. The Hall–Kier alpha value is -1.69. The van der Waals surface area contributed by atoms with Crippen LogP contribution in [-0.2, 0) is 6.42 Å². The third-order valence-electron chi connectivity index (χ3n) is 3.77. The van der Waals surface area contributed by atoms with Crippen LogP contribution in [0.4, 0.5) is 5.82 Å². The average Bonchev–Trinajstić information content (AvgIpc) is 2.89. The van der Waals surface area contributed by atoms with Crippen LogP contribution in [0.1, 0.15) is 19.7 Å². The van der Waals surface area contributed by atoms with Crippen LogP contribution in [0, 0.1) is 0 Å². The molecule has 0 atom stereocenters. The van der Waals surface area contributed by atoms with E-state index in [4.69, 9.17) is 0 Å². The Morgan fingerprint density at radius 2 is 1.84 bits per heavy atom. The van der Waals surface area contributed by atoms with E-state index >= 15 is 0 Å². The maximum Gasteiger partial charge on any atom is 0.178 e. The van der Waals surface area contributed by atoms with E-state index in [9.17, 15) is 0 Å². The molecule has 6 heteroatoms. The predicted octanol–water partition coefficient (Wildman–Crippen LogP) is 0.829. The van der Waals surface area contributed by atoms with E-state index in [2.05, 4.69) is 38.9 Å². The number of anilines is 1. The third kappa shape index (κ3) is 2.28. The molecule has 3 heterocycles. The van der Waals surface area contributed by atoms with Crippen LogP contribution in [0.25, 0.3) is 5.65 Å². The van der Waals surface area contributed by atoms with Gasteiger partial charge in [0.2, 0.25) is 0 Å². The van der Waals surface area contributed by atoms with Crippen LogP contribution in [0.2, 0.25) is 0 Å². The number of aryl methyl sites for hydroxylation is 1. The smallest absolute Gasteiger partial charge is 0.178 e. The Kier molecular flexibility index (Phi) is 3.33. The molecule has 6 nitrogen and oxygen atoms in total. The molecule has 102 valence electrons. The summed E-state index contributed by atoms with van der Waals surface area (Å²) < 4.78 is 1.86. The van der Waals surface area contributed by atoms with Gasteiger partial charge in [-0.15, -0.1) is 15.3 Å². The van der Waals surface area contributed by atoms with Gasteiger partial charge in [-0.05, 0) is 18.7 Å². The Bertz CT molecular complexity index is 555. The first-order valence-corrected chi connectivity index (χ1v) is 7.00. The maximum atomic E-state index is 4.68. The van der Waals surface area contributed by atoms with Crippen LogP contribution in [-0.4, -0.2) is 57.4 Å². The summed E-state index contributed by atoms with van der Waals surface area (Å²) in [7, 11) is 0. The molecule has 0 saturated carbocycles. The van der Waals surface area contributed by atoms with Crippen LogP contribution < -0.4 is 4.90 Å². The standard InChI is InChI=1S/C13H20N6/c1-3-11-14-15-12-5-6-13(16-19(11)12)18-9-7-17(4-2)8-10-18/h5-6H,3-4,7-10H2,1-2H3. The molecular formula is C13H20N6. The van der Waals surface area contributed by atoms with Crippen molar-refractivity contribution in [2.24, 2.45) is 0 Å². The molecular weight excluding hydrogens is 240 g/mol. The summed E-state index contributed by atoms with van der Waals surface area (Å²) >= 11 is 0. The highest BCUT2D eigenvalue weighted by molar-refractivity contribution is 5.46. The second-order valence-electron chi connectivity index (χ2n) is 4.85. The molecule has 19 heavy (non-hydrogen) atoms. The van der Waals surface area contributed by atoms with E-state index in [0.29, 0.717) is 0 Å². The van der Waals surface area contributed by atoms with Crippen molar-refractivity contribution in [2.75, 3.05) is 37.6 Å². The van der Waals surface area contributed by atoms with Crippen LogP contribution >= 0.6 is 0 Å². The monoisotopic (exact) mass is 260 g/mol. The molecule has 3 rings (SSSR count). The molecule has 1 aliphatic rings. The van der Waals surface area contributed by atoms with Crippen molar-refractivity contribution < 1.29 is 0 Å². The summed E-state index contributed by atoms with van der Waals surface area (Å²) in [4.78, 5) is 4.80. The number of hydrogen-bond donors (Lipinski definition) is 0. The van der Waals surface area contributed by atoms with Crippen molar-refractivity contribution >= 4 is 11.5 Å². The fraction of sp³-hybridized carbons (Fsp3) is 0.615. The number of nitrogens with zero attached hydrogens (tertiary/aromatic N) is 6. The molecule has 0 amide bonds. The SMILES string of the molecule is CCc1nnc2ccc(N3CCN(CC)CC3)nn12. The van der Waals surface area contributed by atoms with Gasteiger partial charge in [-0.1, -0.05) is 13.8 Å². The van der Waals surface area contributed by atoms with E-state index in [1.165, 1.54) is 0 Å². The van der Waals surface area contributed by atoms with Gasteiger partial charge in [0.25, 0.3) is 0 Å². The largest absolute Gasteiger partial charge is 0.353 e. The zero-order valence-corrected chi connectivity index (χ0v) is 11.6. The van der Waals surface area contributed by atoms with Crippen LogP contribution in [0.15, 0.2) is 12.1 Å². The summed E-state index contributed by atoms with van der Waals surface area (Å²) in [6, 6.07) is 4.05. The normalized spacial score (nSPS) is 17.3. The number of rotatable bonds is 3. The Balaban J connectivity index is 1.85. The second-order valence-corrected chi connectivity index (χ2v) is 4.85. The lowest BCUT2D eigenvalue weighted by Gasteiger charge is -2.34. The van der Waals surface area contributed by atoms with Gasteiger partial charge < -0.3 is 9.80 Å². The van der Waals surface area contributed by atoms with Crippen molar-refractivity contribution in [2.45, 2.75) is 20.3 Å². The quantitative estimate of drug-likeness (QED) is 0.818. The minimum Gasteiger partial charge on any atom is -0.353 e. The van der Waals surface area contributed by atoms with E-state index in [0.717, 1.165) is 56.4 Å². The molecule has 2 aromatic rings. The van der Waals surface area contributed by atoms with Gasteiger partial charge in [-0.25, -0.2) is 0 Å². The topological polar surface area (TPSA) is 49.6 Å². The van der Waals surface area contributed by atoms with Gasteiger partial charge in [0, 0.05) is 32.6 Å². The summed E-state index contributed by atoms with van der Waals surface area (Å²) in [5, 5.41) is 13.0. The Labute approximate surface area is 113 Å². The third-order valence-corrected chi connectivity index (χ3v) is 3.77. The summed E-state index contributed by atoms with van der Waals surface area (Å²) in [6.07, 6.45) is 0.848. The van der Waals surface area contributed by atoms with E-state index in [1.54, 1.807) is 0 Å². The molecule has 1 saturated heterocycles. The van der Waals surface area contributed by atoms with Crippen molar-refractivity contribution in [3.8, 4) is 0 Å². The zero-order chi connectivity index (χ0) is 13.2. The van der Waals surface area contributed by atoms with Crippen molar-refractivity contribution in [3.63, 3.8) is 0 Å². The number of hydrogen-bond acceptors (Lipinski definition) is 5. The summed E-state index contributed by atoms with van der Waals surface area (Å²) in [6.45, 7) is 9.71. The van der Waals surface area contributed by atoms with E-state index in [-0.39, 0.29) is 0 Å². The summed E-state index contributed by atoms with van der Waals surface area (Å²) in [5.41, 5.74) is 0.827. The van der Waals surface area contributed by atoms with Gasteiger partial charge in [0.15, 0.2) is 11.5 Å². The van der Waals surface area contributed by atoms with Crippen LogP contribution in [0.5, 0.6) is 0 Å². The van der Waals surface area contributed by atoms with E-state index < -0.39 is 0 Å². The molecule has 0 aromatic carbocycles. The lowest BCUT2D eigenvalue weighted by Crippen LogP contribution is -2.46. The zero-order valence-electron chi connectivity index (χ0n) is 11.6. The Morgan fingerprint density at radius 3 is 2.53 bits per heavy atom. The second kappa shape index (κ2) is 5.13. The van der Waals surface area contributed by atoms with Crippen LogP contribution in [0.3, 0.4) is 0 Å². The number of fused-ring (bicyclic) bond motifs is 1. The van der Waals surface area contributed by atoms with Crippen molar-refractivity contribution in [1.29, 1.82) is 0 Å². The molecule has 0 bridgehead atoms. The molecule has 0 unspecified atom stereocenters.